The maximum atomic E-state index is 13.3. The standard InChI is InChI=1S/C12H12ClFN2O2/c13-7-5-9-10(6-8(7)14)18-11(16-9)12(15)1-3-17-4-2-12/h5-6H,1-4,15H2. The van der Waals surface area contributed by atoms with Crippen LogP contribution in [-0.4, -0.2) is 18.2 Å². The third kappa shape index (κ3) is 1.88. The van der Waals surface area contributed by atoms with Crippen molar-refractivity contribution < 1.29 is 13.5 Å². The van der Waals surface area contributed by atoms with Gasteiger partial charge in [-0.25, -0.2) is 9.37 Å². The van der Waals surface area contributed by atoms with Crippen LogP contribution in [-0.2, 0) is 10.3 Å². The molecular weight excluding hydrogens is 259 g/mol. The number of fused-ring (bicyclic) bond motifs is 1. The van der Waals surface area contributed by atoms with Gasteiger partial charge in [-0.1, -0.05) is 11.6 Å². The number of nitrogens with zero attached hydrogens (tertiary/aromatic N) is 1. The quantitative estimate of drug-likeness (QED) is 0.865. The van der Waals surface area contributed by atoms with E-state index >= 15 is 0 Å². The minimum atomic E-state index is -0.639. The normalized spacial score (nSPS) is 19.3. The Morgan fingerprint density at radius 1 is 1.33 bits per heavy atom. The minimum absolute atomic E-state index is 0.0281. The van der Waals surface area contributed by atoms with Gasteiger partial charge in [0.1, 0.15) is 11.3 Å². The third-order valence-corrected chi connectivity index (χ3v) is 3.53. The molecule has 2 heterocycles. The van der Waals surface area contributed by atoms with Crippen molar-refractivity contribution >= 4 is 22.7 Å². The van der Waals surface area contributed by atoms with E-state index in [0.29, 0.717) is 43.0 Å². The molecule has 0 aliphatic carbocycles. The summed E-state index contributed by atoms with van der Waals surface area (Å²) in [4.78, 5) is 4.31. The lowest BCUT2D eigenvalue weighted by atomic mass is 9.91. The van der Waals surface area contributed by atoms with Crippen molar-refractivity contribution in [1.29, 1.82) is 0 Å². The topological polar surface area (TPSA) is 61.3 Å². The molecule has 0 unspecified atom stereocenters. The number of ether oxygens (including phenoxy) is 1. The van der Waals surface area contributed by atoms with E-state index in [1.54, 1.807) is 0 Å². The van der Waals surface area contributed by atoms with Gasteiger partial charge in [0.05, 0.1) is 10.6 Å². The summed E-state index contributed by atoms with van der Waals surface area (Å²) in [6.07, 6.45) is 1.27. The molecule has 0 bridgehead atoms. The SMILES string of the molecule is NC1(c2nc3cc(Cl)c(F)cc3o2)CCOCC1. The first kappa shape index (κ1) is 11.9. The predicted octanol–water partition coefficient (Wildman–Crippen LogP) is 2.58. The number of rotatable bonds is 1. The van der Waals surface area contributed by atoms with Crippen molar-refractivity contribution in [2.24, 2.45) is 5.73 Å². The fourth-order valence-corrected chi connectivity index (χ4v) is 2.24. The number of hydrogen-bond acceptors (Lipinski definition) is 4. The van der Waals surface area contributed by atoms with Gasteiger partial charge in [-0.2, -0.15) is 0 Å². The molecule has 96 valence electrons. The van der Waals surface area contributed by atoms with E-state index in [9.17, 15) is 4.39 Å². The van der Waals surface area contributed by atoms with E-state index in [0.717, 1.165) is 0 Å². The lowest BCUT2D eigenvalue weighted by Gasteiger charge is -2.29. The molecule has 0 saturated carbocycles. The highest BCUT2D eigenvalue weighted by Gasteiger charge is 2.35. The number of oxazole rings is 1. The average molecular weight is 271 g/mol. The number of benzene rings is 1. The summed E-state index contributed by atoms with van der Waals surface area (Å²) in [7, 11) is 0. The Labute approximate surface area is 108 Å². The highest BCUT2D eigenvalue weighted by molar-refractivity contribution is 6.31. The smallest absolute Gasteiger partial charge is 0.215 e. The summed E-state index contributed by atoms with van der Waals surface area (Å²) in [6.45, 7) is 1.15. The summed E-state index contributed by atoms with van der Waals surface area (Å²) < 4.78 is 24.1. The summed E-state index contributed by atoms with van der Waals surface area (Å²) >= 11 is 5.71. The molecule has 0 amide bonds. The number of hydrogen-bond donors (Lipinski definition) is 1. The molecule has 1 saturated heterocycles. The van der Waals surface area contributed by atoms with Crippen molar-refractivity contribution in [3.63, 3.8) is 0 Å². The van der Waals surface area contributed by atoms with Gasteiger partial charge in [-0.3, -0.25) is 0 Å². The van der Waals surface area contributed by atoms with Crippen molar-refractivity contribution in [1.82, 2.24) is 4.98 Å². The molecule has 2 aromatic rings. The Kier molecular flexibility index (Phi) is 2.77. The zero-order valence-electron chi connectivity index (χ0n) is 9.58. The highest BCUT2D eigenvalue weighted by Crippen LogP contribution is 2.32. The van der Waals surface area contributed by atoms with Gasteiger partial charge < -0.3 is 14.9 Å². The van der Waals surface area contributed by atoms with Crippen LogP contribution in [0.3, 0.4) is 0 Å². The van der Waals surface area contributed by atoms with E-state index in [-0.39, 0.29) is 5.02 Å². The fraction of sp³-hybridized carbons (Fsp3) is 0.417. The van der Waals surface area contributed by atoms with Gasteiger partial charge in [0, 0.05) is 19.3 Å². The van der Waals surface area contributed by atoms with Gasteiger partial charge in [-0.15, -0.1) is 0 Å². The Balaban J connectivity index is 2.07. The Bertz CT molecular complexity index is 554. The molecule has 1 fully saturated rings. The Hall–Kier alpha value is -1.17. The number of nitrogens with two attached hydrogens (primary N) is 1. The minimum Gasteiger partial charge on any atom is -0.439 e. The van der Waals surface area contributed by atoms with E-state index < -0.39 is 11.4 Å². The van der Waals surface area contributed by atoms with Crippen molar-refractivity contribution in [2.75, 3.05) is 13.2 Å². The van der Waals surface area contributed by atoms with Crippen LogP contribution < -0.4 is 5.73 Å². The second kappa shape index (κ2) is 4.19. The van der Waals surface area contributed by atoms with Crippen LogP contribution in [0.4, 0.5) is 4.39 Å². The maximum Gasteiger partial charge on any atom is 0.215 e. The lowest BCUT2D eigenvalue weighted by molar-refractivity contribution is 0.0429. The van der Waals surface area contributed by atoms with Crippen LogP contribution >= 0.6 is 11.6 Å². The van der Waals surface area contributed by atoms with Crippen molar-refractivity contribution in [2.45, 2.75) is 18.4 Å². The Morgan fingerprint density at radius 2 is 2.06 bits per heavy atom. The molecule has 0 atom stereocenters. The van der Waals surface area contributed by atoms with Crippen molar-refractivity contribution in [3.05, 3.63) is 28.9 Å². The monoisotopic (exact) mass is 270 g/mol. The lowest BCUT2D eigenvalue weighted by Crippen LogP contribution is -2.42. The van der Waals surface area contributed by atoms with E-state index in [2.05, 4.69) is 4.98 Å². The molecule has 1 aliphatic heterocycles. The molecule has 6 heteroatoms. The molecule has 2 N–H and O–H groups in total. The fourth-order valence-electron chi connectivity index (χ4n) is 2.09. The molecule has 1 aromatic carbocycles. The molecule has 3 rings (SSSR count). The molecule has 0 radical (unpaired) electrons. The van der Waals surface area contributed by atoms with Gasteiger partial charge in [0.25, 0.3) is 0 Å². The molecule has 4 nitrogen and oxygen atoms in total. The molecule has 1 aliphatic rings. The van der Waals surface area contributed by atoms with E-state index in [4.69, 9.17) is 26.5 Å². The highest BCUT2D eigenvalue weighted by atomic mass is 35.5. The van der Waals surface area contributed by atoms with Crippen molar-refractivity contribution in [3.8, 4) is 0 Å². The van der Waals surface area contributed by atoms with Gasteiger partial charge in [-0.05, 0) is 18.9 Å². The van der Waals surface area contributed by atoms with Crippen LogP contribution in [0.25, 0.3) is 11.1 Å². The van der Waals surface area contributed by atoms with E-state index in [1.807, 2.05) is 0 Å². The van der Waals surface area contributed by atoms with Gasteiger partial charge >= 0.3 is 0 Å². The largest absolute Gasteiger partial charge is 0.439 e. The number of aromatic nitrogens is 1. The van der Waals surface area contributed by atoms with Crippen LogP contribution in [0, 0.1) is 5.82 Å². The molecule has 18 heavy (non-hydrogen) atoms. The average Bonchev–Trinajstić information content (AvgIpc) is 2.74. The molecule has 1 aromatic heterocycles. The summed E-state index contributed by atoms with van der Waals surface area (Å²) in [5, 5.41) is 0.0281. The zero-order chi connectivity index (χ0) is 12.8. The second-order valence-corrected chi connectivity index (χ2v) is 4.93. The third-order valence-electron chi connectivity index (χ3n) is 3.24. The zero-order valence-corrected chi connectivity index (χ0v) is 10.3. The maximum absolute atomic E-state index is 13.3. The predicted molar refractivity (Wildman–Crippen MR) is 64.9 cm³/mol. The van der Waals surface area contributed by atoms with Crippen LogP contribution in [0.15, 0.2) is 16.5 Å². The number of halogens is 2. The Morgan fingerprint density at radius 3 is 2.78 bits per heavy atom. The van der Waals surface area contributed by atoms with Crippen LogP contribution in [0.2, 0.25) is 5.02 Å². The molecular formula is C12H12ClFN2O2. The van der Waals surface area contributed by atoms with E-state index in [1.165, 1.54) is 12.1 Å². The van der Waals surface area contributed by atoms with Gasteiger partial charge in [0.15, 0.2) is 5.58 Å². The second-order valence-electron chi connectivity index (χ2n) is 4.52. The summed E-state index contributed by atoms with van der Waals surface area (Å²) in [6, 6.07) is 2.68. The van der Waals surface area contributed by atoms with Gasteiger partial charge in [0.2, 0.25) is 5.89 Å². The first-order valence-electron chi connectivity index (χ1n) is 5.71. The van der Waals surface area contributed by atoms with Crippen LogP contribution in [0.5, 0.6) is 0 Å². The first-order chi connectivity index (χ1) is 8.58. The first-order valence-corrected chi connectivity index (χ1v) is 6.09. The van der Waals surface area contributed by atoms with Crippen LogP contribution in [0.1, 0.15) is 18.7 Å². The summed E-state index contributed by atoms with van der Waals surface area (Å²) in [5.74, 6) is -0.104. The molecule has 0 spiro atoms. The summed E-state index contributed by atoms with van der Waals surface area (Å²) in [5.41, 5.74) is 6.50.